The highest BCUT2D eigenvalue weighted by Gasteiger charge is 2.30. The van der Waals surface area contributed by atoms with Crippen LogP contribution < -0.4 is 5.32 Å². The van der Waals surface area contributed by atoms with Crippen molar-refractivity contribution in [2.24, 2.45) is 5.92 Å². The first-order chi connectivity index (χ1) is 10.7. The lowest BCUT2D eigenvalue weighted by Crippen LogP contribution is -2.48. The van der Waals surface area contributed by atoms with Gasteiger partial charge in [0.2, 0.25) is 0 Å². The lowest BCUT2D eigenvalue weighted by molar-refractivity contribution is 0.00931. The first-order valence-electron chi connectivity index (χ1n) is 9.03. The Morgan fingerprint density at radius 2 is 1.95 bits per heavy atom. The topological polar surface area (TPSA) is 41.6 Å². The monoisotopic (exact) mass is 326 g/mol. The number of carbonyl (C=O) groups is 1. The standard InChI is InChI=1S/C17H30N2O2S/c1-2-22-16-6-5-14(11-16)18-17(20)19-9-7-15(8-10-19)21-12-13-3-4-13/h13-16H,2-12H2,1H3,(H,18,20)/t14-,16+/m0/s1. The third-order valence-corrected chi connectivity index (χ3v) is 6.34. The van der Waals surface area contributed by atoms with Gasteiger partial charge in [0.1, 0.15) is 0 Å². The van der Waals surface area contributed by atoms with Crippen LogP contribution in [0, 0.1) is 5.92 Å². The zero-order valence-corrected chi connectivity index (χ0v) is 14.6. The van der Waals surface area contributed by atoms with Crippen LogP contribution in [0.15, 0.2) is 0 Å². The number of carbonyl (C=O) groups excluding carboxylic acids is 1. The highest BCUT2D eigenvalue weighted by atomic mass is 32.2. The molecule has 1 saturated heterocycles. The van der Waals surface area contributed by atoms with Crippen molar-refractivity contribution in [3.63, 3.8) is 0 Å². The molecule has 2 atom stereocenters. The average Bonchev–Trinajstić information content (AvgIpc) is 3.26. The van der Waals surface area contributed by atoms with E-state index in [-0.39, 0.29) is 6.03 Å². The van der Waals surface area contributed by atoms with Crippen LogP contribution in [0.3, 0.4) is 0 Å². The lowest BCUT2D eigenvalue weighted by atomic mass is 10.1. The molecule has 4 nitrogen and oxygen atoms in total. The molecule has 0 radical (unpaired) electrons. The van der Waals surface area contributed by atoms with E-state index in [2.05, 4.69) is 12.2 Å². The number of ether oxygens (including phenoxy) is 1. The third kappa shape index (κ3) is 4.79. The maximum atomic E-state index is 12.4. The van der Waals surface area contributed by atoms with E-state index in [4.69, 9.17) is 4.74 Å². The van der Waals surface area contributed by atoms with Gasteiger partial charge < -0.3 is 15.0 Å². The van der Waals surface area contributed by atoms with Gasteiger partial charge in [0, 0.05) is 31.0 Å². The first kappa shape index (κ1) is 16.4. The zero-order chi connectivity index (χ0) is 15.4. The van der Waals surface area contributed by atoms with Gasteiger partial charge in [0.05, 0.1) is 6.10 Å². The molecule has 2 amide bonds. The van der Waals surface area contributed by atoms with Crippen LogP contribution in [0.4, 0.5) is 4.79 Å². The van der Waals surface area contributed by atoms with E-state index in [9.17, 15) is 4.79 Å². The second kappa shape index (κ2) is 7.91. The molecule has 0 unspecified atom stereocenters. The minimum absolute atomic E-state index is 0.146. The molecule has 126 valence electrons. The second-order valence-corrected chi connectivity index (χ2v) is 8.58. The Kier molecular flexibility index (Phi) is 5.91. The quantitative estimate of drug-likeness (QED) is 0.814. The third-order valence-electron chi connectivity index (χ3n) is 5.11. The van der Waals surface area contributed by atoms with Crippen LogP contribution in [0.2, 0.25) is 0 Å². The summed E-state index contributed by atoms with van der Waals surface area (Å²) in [6.07, 6.45) is 8.61. The summed E-state index contributed by atoms with van der Waals surface area (Å²) in [6, 6.07) is 0.535. The second-order valence-electron chi connectivity index (χ2n) is 7.00. The van der Waals surface area contributed by atoms with Gasteiger partial charge in [-0.3, -0.25) is 0 Å². The number of piperidine rings is 1. The Bertz CT molecular complexity index is 368. The summed E-state index contributed by atoms with van der Waals surface area (Å²) in [5, 5.41) is 3.99. The fourth-order valence-corrected chi connectivity index (χ4v) is 4.65. The largest absolute Gasteiger partial charge is 0.378 e. The summed E-state index contributed by atoms with van der Waals surface area (Å²) in [6.45, 7) is 4.85. The molecule has 0 bridgehead atoms. The van der Waals surface area contributed by atoms with Gasteiger partial charge in [-0.2, -0.15) is 11.8 Å². The van der Waals surface area contributed by atoms with E-state index >= 15 is 0 Å². The fourth-order valence-electron chi connectivity index (χ4n) is 3.51. The van der Waals surface area contributed by atoms with Crippen molar-refractivity contribution >= 4 is 17.8 Å². The molecule has 0 aromatic carbocycles. The van der Waals surface area contributed by atoms with Gasteiger partial charge in [0.15, 0.2) is 0 Å². The van der Waals surface area contributed by atoms with Crippen molar-refractivity contribution in [1.29, 1.82) is 0 Å². The van der Waals surface area contributed by atoms with Crippen molar-refractivity contribution in [3.05, 3.63) is 0 Å². The van der Waals surface area contributed by atoms with E-state index < -0.39 is 0 Å². The maximum Gasteiger partial charge on any atom is 0.317 e. The SMILES string of the molecule is CCS[C@@H]1CC[C@H](NC(=O)N2CCC(OCC3CC3)CC2)C1. The summed E-state index contributed by atoms with van der Waals surface area (Å²) in [4.78, 5) is 14.4. The molecule has 0 spiro atoms. The first-order valence-corrected chi connectivity index (χ1v) is 10.1. The van der Waals surface area contributed by atoms with Crippen molar-refractivity contribution < 1.29 is 9.53 Å². The summed E-state index contributed by atoms with van der Waals surface area (Å²) in [7, 11) is 0. The summed E-state index contributed by atoms with van der Waals surface area (Å²) in [5.74, 6) is 2.01. The number of thioether (sulfide) groups is 1. The van der Waals surface area contributed by atoms with Crippen LogP contribution in [-0.2, 0) is 4.74 Å². The summed E-state index contributed by atoms with van der Waals surface area (Å²) < 4.78 is 5.95. The van der Waals surface area contributed by atoms with Crippen LogP contribution in [0.25, 0.3) is 0 Å². The van der Waals surface area contributed by atoms with Gasteiger partial charge in [-0.25, -0.2) is 4.79 Å². The molecular weight excluding hydrogens is 296 g/mol. The highest BCUT2D eigenvalue weighted by molar-refractivity contribution is 7.99. The maximum absolute atomic E-state index is 12.4. The molecule has 1 N–H and O–H groups in total. The molecular formula is C17H30N2O2S. The number of rotatable bonds is 6. The molecule has 1 heterocycles. The number of hydrogen-bond acceptors (Lipinski definition) is 3. The molecule has 0 aromatic rings. The van der Waals surface area contributed by atoms with Crippen molar-refractivity contribution in [3.8, 4) is 0 Å². The summed E-state index contributed by atoms with van der Waals surface area (Å²) >= 11 is 2.04. The number of hydrogen-bond donors (Lipinski definition) is 1. The summed E-state index contributed by atoms with van der Waals surface area (Å²) in [5.41, 5.74) is 0. The van der Waals surface area contributed by atoms with Gasteiger partial charge >= 0.3 is 6.03 Å². The van der Waals surface area contributed by atoms with Crippen molar-refractivity contribution in [2.45, 2.75) is 69.3 Å². The molecule has 0 aromatic heterocycles. The van der Waals surface area contributed by atoms with Gasteiger partial charge in [-0.05, 0) is 56.6 Å². The van der Waals surface area contributed by atoms with Crippen molar-refractivity contribution in [2.75, 3.05) is 25.4 Å². The molecule has 3 fully saturated rings. The minimum atomic E-state index is 0.146. The van der Waals surface area contributed by atoms with Gasteiger partial charge in [0.25, 0.3) is 0 Å². The number of urea groups is 1. The predicted octanol–water partition coefficient (Wildman–Crippen LogP) is 3.26. The molecule has 5 heteroatoms. The predicted molar refractivity (Wildman–Crippen MR) is 91.4 cm³/mol. The van der Waals surface area contributed by atoms with E-state index in [1.165, 1.54) is 25.0 Å². The zero-order valence-electron chi connectivity index (χ0n) is 13.8. The number of likely N-dealkylation sites (tertiary alicyclic amines) is 1. The Morgan fingerprint density at radius 3 is 2.64 bits per heavy atom. The normalized spacial score (nSPS) is 29.8. The van der Waals surface area contributed by atoms with Crippen LogP contribution in [-0.4, -0.2) is 53.8 Å². The van der Waals surface area contributed by atoms with Crippen LogP contribution in [0.5, 0.6) is 0 Å². The molecule has 1 aliphatic heterocycles. The fraction of sp³-hybridized carbons (Fsp3) is 0.941. The van der Waals surface area contributed by atoms with Crippen LogP contribution >= 0.6 is 11.8 Å². The molecule has 2 saturated carbocycles. The lowest BCUT2D eigenvalue weighted by Gasteiger charge is -2.32. The van der Waals surface area contributed by atoms with Gasteiger partial charge in [-0.1, -0.05) is 6.92 Å². The van der Waals surface area contributed by atoms with E-state index in [0.717, 1.165) is 56.5 Å². The van der Waals surface area contributed by atoms with E-state index in [1.807, 2.05) is 16.7 Å². The van der Waals surface area contributed by atoms with Crippen LogP contribution in [0.1, 0.15) is 51.9 Å². The Balaban J connectivity index is 1.33. The molecule has 3 aliphatic rings. The Labute approximate surface area is 138 Å². The van der Waals surface area contributed by atoms with Gasteiger partial charge in [-0.15, -0.1) is 0 Å². The molecule has 3 rings (SSSR count). The van der Waals surface area contributed by atoms with E-state index in [0.29, 0.717) is 12.1 Å². The average molecular weight is 327 g/mol. The molecule has 2 aliphatic carbocycles. The number of amides is 2. The Hall–Kier alpha value is -0.420. The smallest absolute Gasteiger partial charge is 0.317 e. The van der Waals surface area contributed by atoms with E-state index in [1.54, 1.807) is 0 Å². The minimum Gasteiger partial charge on any atom is -0.378 e. The van der Waals surface area contributed by atoms with Crippen molar-refractivity contribution in [1.82, 2.24) is 10.2 Å². The number of nitrogens with one attached hydrogen (secondary N) is 1. The molecule has 22 heavy (non-hydrogen) atoms. The highest BCUT2D eigenvalue weighted by Crippen LogP contribution is 2.31. The Morgan fingerprint density at radius 1 is 1.18 bits per heavy atom. The number of nitrogens with zero attached hydrogens (tertiary/aromatic N) is 1.